The maximum atomic E-state index is 5.66. The second-order valence-electron chi connectivity index (χ2n) is 7.51. The van der Waals surface area contributed by atoms with Crippen LogP contribution < -0.4 is 0 Å². The van der Waals surface area contributed by atoms with Crippen LogP contribution in [0.2, 0.25) is 0 Å². The van der Waals surface area contributed by atoms with Crippen LogP contribution in [0.15, 0.2) is 60.7 Å². The Hall–Kier alpha value is -1.64. The molecule has 5 rings (SSSR count). The lowest BCUT2D eigenvalue weighted by Gasteiger charge is -2.39. The number of benzene rings is 2. The summed E-state index contributed by atoms with van der Waals surface area (Å²) in [6.45, 7) is 3.93. The molecule has 0 amide bonds. The van der Waals surface area contributed by atoms with Gasteiger partial charge in [0.15, 0.2) is 0 Å². The van der Waals surface area contributed by atoms with Crippen LogP contribution >= 0.6 is 0 Å². The first kappa shape index (κ1) is 14.7. The van der Waals surface area contributed by atoms with Crippen LogP contribution in [0.5, 0.6) is 0 Å². The molecule has 2 aromatic rings. The van der Waals surface area contributed by atoms with Crippen molar-refractivity contribution in [2.75, 3.05) is 26.3 Å². The molecule has 1 aliphatic heterocycles. The summed E-state index contributed by atoms with van der Waals surface area (Å²) < 4.78 is 5.66. The van der Waals surface area contributed by atoms with Crippen LogP contribution in [0.1, 0.15) is 30.4 Å². The van der Waals surface area contributed by atoms with E-state index in [1.165, 1.54) is 30.4 Å². The Kier molecular flexibility index (Phi) is 3.33. The molecule has 2 aromatic carbocycles. The average molecular weight is 319 g/mol. The number of rotatable bonds is 3. The topological polar surface area (TPSA) is 12.5 Å². The molecule has 0 aromatic heterocycles. The van der Waals surface area contributed by atoms with Gasteiger partial charge in [0, 0.05) is 24.0 Å². The summed E-state index contributed by atoms with van der Waals surface area (Å²) in [4.78, 5) is 2.77. The molecule has 1 heterocycles. The lowest BCUT2D eigenvalue weighted by atomic mass is 9.79. The lowest BCUT2D eigenvalue weighted by Crippen LogP contribution is -2.49. The minimum atomic E-state index is 0.172. The minimum absolute atomic E-state index is 0.172. The second-order valence-corrected chi connectivity index (χ2v) is 7.51. The molecule has 2 saturated carbocycles. The molecule has 0 radical (unpaired) electrons. The summed E-state index contributed by atoms with van der Waals surface area (Å²) in [6, 6.07) is 22.5. The molecule has 0 unspecified atom stereocenters. The van der Waals surface area contributed by atoms with Gasteiger partial charge in [0.1, 0.15) is 0 Å². The van der Waals surface area contributed by atoms with E-state index in [4.69, 9.17) is 4.74 Å². The van der Waals surface area contributed by atoms with Gasteiger partial charge in [0.25, 0.3) is 0 Å². The standard InChI is InChI=1S/C22H25NO/c1-3-8-18(9-4-1)22(19-10-5-2-6-11-19)20-12-7-13-21(20,22)23-14-16-24-17-15-23/h1-6,8-11,20H,7,12-17H2/t20-,21+/m0/s1. The Balaban J connectivity index is 1.68. The second kappa shape index (κ2) is 5.44. The van der Waals surface area contributed by atoms with E-state index in [0.717, 1.165) is 32.2 Å². The maximum Gasteiger partial charge on any atom is 0.0594 e. The zero-order valence-electron chi connectivity index (χ0n) is 14.2. The summed E-state index contributed by atoms with van der Waals surface area (Å²) in [6.07, 6.45) is 4.03. The van der Waals surface area contributed by atoms with Crippen molar-refractivity contribution < 1.29 is 4.74 Å². The summed E-state index contributed by atoms with van der Waals surface area (Å²) in [7, 11) is 0. The lowest BCUT2D eigenvalue weighted by molar-refractivity contribution is 0.00308. The van der Waals surface area contributed by atoms with Crippen molar-refractivity contribution in [3.05, 3.63) is 71.8 Å². The Morgan fingerprint density at radius 3 is 2.00 bits per heavy atom. The highest BCUT2D eigenvalue weighted by Crippen LogP contribution is 2.76. The van der Waals surface area contributed by atoms with E-state index in [1.807, 2.05) is 0 Å². The highest BCUT2D eigenvalue weighted by atomic mass is 16.5. The van der Waals surface area contributed by atoms with E-state index >= 15 is 0 Å². The number of nitrogens with zero attached hydrogens (tertiary/aromatic N) is 1. The van der Waals surface area contributed by atoms with Gasteiger partial charge >= 0.3 is 0 Å². The Bertz CT molecular complexity index is 668. The van der Waals surface area contributed by atoms with E-state index in [1.54, 1.807) is 0 Å². The quantitative estimate of drug-likeness (QED) is 0.852. The summed E-state index contributed by atoms with van der Waals surface area (Å²) >= 11 is 0. The molecular formula is C22H25NO. The monoisotopic (exact) mass is 319 g/mol. The molecule has 2 heteroatoms. The maximum absolute atomic E-state index is 5.66. The smallest absolute Gasteiger partial charge is 0.0594 e. The molecule has 0 N–H and O–H groups in total. The predicted octanol–water partition coefficient (Wildman–Crippen LogP) is 3.86. The number of hydrogen-bond acceptors (Lipinski definition) is 2. The Labute approximate surface area is 144 Å². The summed E-state index contributed by atoms with van der Waals surface area (Å²) in [5.74, 6) is 0.743. The first-order valence-corrected chi connectivity index (χ1v) is 9.34. The van der Waals surface area contributed by atoms with Crippen LogP contribution in [0.4, 0.5) is 0 Å². The van der Waals surface area contributed by atoms with Crippen molar-refractivity contribution in [3.8, 4) is 0 Å². The van der Waals surface area contributed by atoms with Crippen molar-refractivity contribution in [2.24, 2.45) is 5.92 Å². The first-order chi connectivity index (χ1) is 11.9. The minimum Gasteiger partial charge on any atom is -0.379 e. The molecule has 1 saturated heterocycles. The number of ether oxygens (including phenoxy) is 1. The van der Waals surface area contributed by atoms with Crippen LogP contribution in [-0.4, -0.2) is 36.7 Å². The van der Waals surface area contributed by atoms with Crippen LogP contribution in [0, 0.1) is 5.92 Å². The third-order valence-electron chi connectivity index (χ3n) is 6.78. The third kappa shape index (κ3) is 1.73. The number of morpholine rings is 1. The van der Waals surface area contributed by atoms with Gasteiger partial charge in [-0.3, -0.25) is 4.90 Å². The molecule has 0 bridgehead atoms. The van der Waals surface area contributed by atoms with Crippen LogP contribution in [-0.2, 0) is 10.2 Å². The van der Waals surface area contributed by atoms with Gasteiger partial charge in [-0.25, -0.2) is 0 Å². The fourth-order valence-corrected chi connectivity index (χ4v) is 6.06. The average Bonchev–Trinajstić information content (AvgIpc) is 3.01. The van der Waals surface area contributed by atoms with Crippen molar-refractivity contribution >= 4 is 0 Å². The summed E-state index contributed by atoms with van der Waals surface area (Å²) in [5, 5.41) is 0. The van der Waals surface area contributed by atoms with Crippen molar-refractivity contribution in [1.29, 1.82) is 0 Å². The van der Waals surface area contributed by atoms with Gasteiger partial charge in [0.05, 0.1) is 13.2 Å². The molecule has 2 aliphatic carbocycles. The molecule has 2 nitrogen and oxygen atoms in total. The van der Waals surface area contributed by atoms with Gasteiger partial charge < -0.3 is 4.74 Å². The van der Waals surface area contributed by atoms with Crippen molar-refractivity contribution in [1.82, 2.24) is 4.90 Å². The fourth-order valence-electron chi connectivity index (χ4n) is 6.06. The molecule has 0 spiro atoms. The first-order valence-electron chi connectivity index (χ1n) is 9.34. The number of fused-ring (bicyclic) bond motifs is 1. The van der Waals surface area contributed by atoms with Gasteiger partial charge in [-0.05, 0) is 29.9 Å². The largest absolute Gasteiger partial charge is 0.379 e. The van der Waals surface area contributed by atoms with E-state index in [-0.39, 0.29) is 5.41 Å². The van der Waals surface area contributed by atoms with Gasteiger partial charge in [-0.15, -0.1) is 0 Å². The zero-order valence-corrected chi connectivity index (χ0v) is 14.2. The highest BCUT2D eigenvalue weighted by molar-refractivity contribution is 5.57. The van der Waals surface area contributed by atoms with E-state index < -0.39 is 0 Å². The van der Waals surface area contributed by atoms with Crippen LogP contribution in [0.25, 0.3) is 0 Å². The van der Waals surface area contributed by atoms with Gasteiger partial charge in [-0.2, -0.15) is 0 Å². The predicted molar refractivity (Wildman–Crippen MR) is 96.1 cm³/mol. The van der Waals surface area contributed by atoms with Gasteiger partial charge in [-0.1, -0.05) is 67.1 Å². The third-order valence-corrected chi connectivity index (χ3v) is 6.78. The molecular weight excluding hydrogens is 294 g/mol. The molecule has 24 heavy (non-hydrogen) atoms. The normalized spacial score (nSPS) is 31.6. The van der Waals surface area contributed by atoms with Crippen LogP contribution in [0.3, 0.4) is 0 Å². The Morgan fingerprint density at radius 1 is 0.833 bits per heavy atom. The van der Waals surface area contributed by atoms with Crippen molar-refractivity contribution in [2.45, 2.75) is 30.2 Å². The molecule has 3 fully saturated rings. The van der Waals surface area contributed by atoms with Gasteiger partial charge in [0.2, 0.25) is 0 Å². The summed E-state index contributed by atoms with van der Waals surface area (Å²) in [5.41, 5.74) is 3.49. The van der Waals surface area contributed by atoms with Crippen molar-refractivity contribution in [3.63, 3.8) is 0 Å². The Morgan fingerprint density at radius 2 is 1.42 bits per heavy atom. The molecule has 2 atom stereocenters. The molecule has 124 valence electrons. The number of hydrogen-bond donors (Lipinski definition) is 0. The zero-order chi connectivity index (χ0) is 16.0. The van der Waals surface area contributed by atoms with E-state index in [2.05, 4.69) is 65.6 Å². The van der Waals surface area contributed by atoms with E-state index in [9.17, 15) is 0 Å². The highest BCUT2D eigenvalue weighted by Gasteiger charge is 2.80. The molecule has 3 aliphatic rings. The van der Waals surface area contributed by atoms with E-state index in [0.29, 0.717) is 5.54 Å². The fraction of sp³-hybridized carbons (Fsp3) is 0.455. The SMILES string of the molecule is c1ccc(C2(c3ccccc3)[C@H]3CCC[C@@]32N2CCOCC2)cc1.